The van der Waals surface area contributed by atoms with Gasteiger partial charge in [0.2, 0.25) is 0 Å². The summed E-state index contributed by atoms with van der Waals surface area (Å²) in [5.41, 5.74) is 0. The van der Waals surface area contributed by atoms with Crippen molar-refractivity contribution in [2.24, 2.45) is 0 Å². The highest BCUT2D eigenvalue weighted by Gasteiger charge is 2.10. The van der Waals surface area contributed by atoms with Gasteiger partial charge in [0.05, 0.1) is 6.54 Å². The van der Waals surface area contributed by atoms with Crippen LogP contribution in [0.1, 0.15) is 43.6 Å². The lowest BCUT2D eigenvalue weighted by atomic mass is 10.1. The van der Waals surface area contributed by atoms with Crippen LogP contribution in [0.3, 0.4) is 0 Å². The van der Waals surface area contributed by atoms with Crippen LogP contribution in [0.25, 0.3) is 0 Å². The summed E-state index contributed by atoms with van der Waals surface area (Å²) >= 11 is 0. The van der Waals surface area contributed by atoms with Gasteiger partial charge in [-0.3, -0.25) is 4.79 Å². The van der Waals surface area contributed by atoms with Crippen LogP contribution in [0.5, 0.6) is 0 Å². The topological polar surface area (TPSA) is 82.8 Å². The summed E-state index contributed by atoms with van der Waals surface area (Å²) < 4.78 is 5.42. The van der Waals surface area contributed by atoms with Crippen LogP contribution in [-0.2, 0) is 11.3 Å². The molecular formula is C15H24N2O4. The number of rotatable bonds is 9. The number of nitrogens with one attached hydrogen (secondary N) is 1. The fourth-order valence-electron chi connectivity index (χ4n) is 1.96. The van der Waals surface area contributed by atoms with Gasteiger partial charge in [-0.25, -0.2) is 4.79 Å². The molecule has 1 rings (SSSR count). The summed E-state index contributed by atoms with van der Waals surface area (Å²) in [7, 11) is 1.72. The third kappa shape index (κ3) is 7.39. The maximum Gasteiger partial charge on any atom is 0.317 e. The molecule has 0 radical (unpaired) electrons. The van der Waals surface area contributed by atoms with Crippen molar-refractivity contribution in [2.45, 2.75) is 45.6 Å². The lowest BCUT2D eigenvalue weighted by Gasteiger charge is -2.16. The van der Waals surface area contributed by atoms with Gasteiger partial charge in [-0.05, 0) is 31.9 Å². The first-order valence-electron chi connectivity index (χ1n) is 7.25. The number of amides is 2. The Morgan fingerprint density at radius 3 is 2.57 bits per heavy atom. The molecule has 0 saturated heterocycles. The molecule has 0 bridgehead atoms. The maximum atomic E-state index is 11.8. The average molecular weight is 296 g/mol. The first kappa shape index (κ1) is 17.1. The molecule has 0 atom stereocenters. The molecule has 2 N–H and O–H groups in total. The van der Waals surface area contributed by atoms with E-state index in [2.05, 4.69) is 5.32 Å². The number of aliphatic carboxylic acids is 1. The molecule has 2 amide bonds. The molecule has 0 unspecified atom stereocenters. The normalized spacial score (nSPS) is 10.4. The van der Waals surface area contributed by atoms with Gasteiger partial charge in [-0.15, -0.1) is 0 Å². The number of furan rings is 1. The van der Waals surface area contributed by atoms with Crippen LogP contribution in [0.15, 0.2) is 16.5 Å². The lowest BCUT2D eigenvalue weighted by molar-refractivity contribution is -0.137. The Labute approximate surface area is 125 Å². The number of carboxylic acids is 1. The van der Waals surface area contributed by atoms with E-state index in [1.165, 1.54) is 0 Å². The van der Waals surface area contributed by atoms with E-state index in [1.54, 1.807) is 11.9 Å². The van der Waals surface area contributed by atoms with Crippen molar-refractivity contribution in [2.75, 3.05) is 13.6 Å². The first-order valence-corrected chi connectivity index (χ1v) is 7.25. The predicted molar refractivity (Wildman–Crippen MR) is 79.0 cm³/mol. The summed E-state index contributed by atoms with van der Waals surface area (Å²) in [5.74, 6) is 0.845. The maximum absolute atomic E-state index is 11.8. The Balaban J connectivity index is 2.08. The summed E-state index contributed by atoms with van der Waals surface area (Å²) in [6.45, 7) is 2.92. The number of hydrogen-bond donors (Lipinski definition) is 2. The Bertz CT molecular complexity index is 456. The highest BCUT2D eigenvalue weighted by atomic mass is 16.4. The molecular weight excluding hydrogens is 272 g/mol. The molecule has 0 aliphatic carbocycles. The molecule has 1 aromatic rings. The van der Waals surface area contributed by atoms with Crippen LogP contribution in [0.4, 0.5) is 4.79 Å². The van der Waals surface area contributed by atoms with Gasteiger partial charge >= 0.3 is 12.0 Å². The monoisotopic (exact) mass is 296 g/mol. The quantitative estimate of drug-likeness (QED) is 0.686. The number of carboxylic acid groups (broad SMARTS) is 1. The van der Waals surface area contributed by atoms with E-state index >= 15 is 0 Å². The zero-order chi connectivity index (χ0) is 15.7. The SMILES string of the molecule is Cc1ccc(CN(C)C(=O)NCCCCCCC(=O)O)o1. The Morgan fingerprint density at radius 1 is 1.24 bits per heavy atom. The second kappa shape index (κ2) is 9.05. The first-order chi connectivity index (χ1) is 9.99. The lowest BCUT2D eigenvalue weighted by Crippen LogP contribution is -2.37. The van der Waals surface area contributed by atoms with Crippen LogP contribution in [0, 0.1) is 6.92 Å². The number of carbonyl (C=O) groups is 2. The molecule has 0 aliphatic rings. The van der Waals surface area contributed by atoms with Crippen molar-refractivity contribution in [1.82, 2.24) is 10.2 Å². The van der Waals surface area contributed by atoms with Crippen LogP contribution in [0.2, 0.25) is 0 Å². The standard InChI is InChI=1S/C15H24N2O4/c1-12-8-9-13(21-12)11-17(2)15(20)16-10-6-4-3-5-7-14(18)19/h8-9H,3-7,10-11H2,1-2H3,(H,16,20)(H,18,19). The van der Waals surface area contributed by atoms with Crippen molar-refractivity contribution in [3.8, 4) is 0 Å². The number of aryl methyl sites for hydroxylation is 1. The Kier molecular flexibility index (Phi) is 7.36. The van der Waals surface area contributed by atoms with E-state index in [9.17, 15) is 9.59 Å². The van der Waals surface area contributed by atoms with Crippen molar-refractivity contribution in [1.29, 1.82) is 0 Å². The highest BCUT2D eigenvalue weighted by Crippen LogP contribution is 2.08. The molecule has 0 saturated carbocycles. The average Bonchev–Trinajstić information content (AvgIpc) is 2.82. The highest BCUT2D eigenvalue weighted by molar-refractivity contribution is 5.73. The molecule has 0 fully saturated rings. The van der Waals surface area contributed by atoms with Gasteiger partial charge in [0.15, 0.2) is 0 Å². The van der Waals surface area contributed by atoms with E-state index < -0.39 is 5.97 Å². The van der Waals surface area contributed by atoms with Gasteiger partial charge < -0.3 is 19.7 Å². The summed E-state index contributed by atoms with van der Waals surface area (Å²) in [5, 5.41) is 11.3. The number of unbranched alkanes of at least 4 members (excludes halogenated alkanes) is 3. The molecule has 6 heteroatoms. The van der Waals surface area contributed by atoms with Crippen LogP contribution < -0.4 is 5.32 Å². The largest absolute Gasteiger partial charge is 0.481 e. The molecule has 0 aliphatic heterocycles. The molecule has 0 spiro atoms. The van der Waals surface area contributed by atoms with Crippen molar-refractivity contribution in [3.05, 3.63) is 23.7 Å². The molecule has 1 aromatic heterocycles. The van der Waals surface area contributed by atoms with E-state index in [0.717, 1.165) is 30.8 Å². The second-order valence-electron chi connectivity index (χ2n) is 5.16. The van der Waals surface area contributed by atoms with Gasteiger partial charge in [0.25, 0.3) is 0 Å². The van der Waals surface area contributed by atoms with Crippen molar-refractivity contribution < 1.29 is 19.1 Å². The molecule has 21 heavy (non-hydrogen) atoms. The van der Waals surface area contributed by atoms with Crippen LogP contribution in [-0.4, -0.2) is 35.6 Å². The Morgan fingerprint density at radius 2 is 1.95 bits per heavy atom. The van der Waals surface area contributed by atoms with Gasteiger partial charge in [0.1, 0.15) is 11.5 Å². The zero-order valence-electron chi connectivity index (χ0n) is 12.7. The summed E-state index contributed by atoms with van der Waals surface area (Å²) in [4.78, 5) is 23.7. The fraction of sp³-hybridized carbons (Fsp3) is 0.600. The summed E-state index contributed by atoms with van der Waals surface area (Å²) in [6.07, 6.45) is 3.58. The Hall–Kier alpha value is -1.98. The van der Waals surface area contributed by atoms with E-state index in [1.807, 2.05) is 19.1 Å². The van der Waals surface area contributed by atoms with E-state index in [0.29, 0.717) is 19.5 Å². The molecule has 118 valence electrons. The molecule has 6 nitrogen and oxygen atoms in total. The number of carbonyl (C=O) groups excluding carboxylic acids is 1. The predicted octanol–water partition coefficient (Wildman–Crippen LogP) is 2.76. The third-order valence-electron chi connectivity index (χ3n) is 3.13. The molecule has 0 aromatic carbocycles. The van der Waals surface area contributed by atoms with Crippen LogP contribution >= 0.6 is 0 Å². The van der Waals surface area contributed by atoms with E-state index in [4.69, 9.17) is 9.52 Å². The van der Waals surface area contributed by atoms with Gasteiger partial charge in [0, 0.05) is 20.0 Å². The number of urea groups is 1. The zero-order valence-corrected chi connectivity index (χ0v) is 12.7. The minimum atomic E-state index is -0.752. The molecule has 1 heterocycles. The van der Waals surface area contributed by atoms with Crippen molar-refractivity contribution in [3.63, 3.8) is 0 Å². The van der Waals surface area contributed by atoms with Crippen molar-refractivity contribution >= 4 is 12.0 Å². The number of hydrogen-bond acceptors (Lipinski definition) is 3. The fourth-order valence-corrected chi connectivity index (χ4v) is 1.96. The summed E-state index contributed by atoms with van der Waals surface area (Å²) in [6, 6.07) is 3.61. The van der Waals surface area contributed by atoms with Gasteiger partial charge in [-0.1, -0.05) is 12.8 Å². The minimum absolute atomic E-state index is 0.130. The minimum Gasteiger partial charge on any atom is -0.481 e. The van der Waals surface area contributed by atoms with E-state index in [-0.39, 0.29) is 12.5 Å². The van der Waals surface area contributed by atoms with Gasteiger partial charge in [-0.2, -0.15) is 0 Å². The second-order valence-corrected chi connectivity index (χ2v) is 5.16. The third-order valence-corrected chi connectivity index (χ3v) is 3.13. The number of nitrogens with zero attached hydrogens (tertiary/aromatic N) is 1. The smallest absolute Gasteiger partial charge is 0.317 e.